The number of likely N-dealkylation sites (tertiary alicyclic amines) is 1. The van der Waals surface area contributed by atoms with Crippen molar-refractivity contribution in [2.24, 2.45) is 0 Å². The Balaban J connectivity index is 2.11. The monoisotopic (exact) mass is 291 g/mol. The molecule has 3 rings (SSSR count). The average Bonchev–Trinajstić information content (AvgIpc) is 2.71. The summed E-state index contributed by atoms with van der Waals surface area (Å²) in [6.07, 6.45) is 3.74. The SMILES string of the molecule is Cc1ccc([N+](=O)[O-])c2c1[C@@H]([NH+]1CCCCC1)C(C)(C)O2. The van der Waals surface area contributed by atoms with Gasteiger partial charge in [0.2, 0.25) is 5.75 Å². The largest absolute Gasteiger partial charge is 0.474 e. The maximum absolute atomic E-state index is 11.3. The van der Waals surface area contributed by atoms with Gasteiger partial charge in [-0.25, -0.2) is 0 Å². The molecule has 21 heavy (non-hydrogen) atoms. The minimum Gasteiger partial charge on any atom is -0.474 e. The summed E-state index contributed by atoms with van der Waals surface area (Å²) >= 11 is 0. The molecule has 0 aromatic heterocycles. The van der Waals surface area contributed by atoms with E-state index in [-0.39, 0.29) is 16.7 Å². The number of nitro groups is 1. The molecule has 1 aromatic rings. The first kappa shape index (κ1) is 14.3. The summed E-state index contributed by atoms with van der Waals surface area (Å²) in [7, 11) is 0. The topological polar surface area (TPSA) is 56.8 Å². The van der Waals surface area contributed by atoms with Crippen LogP contribution in [0.1, 0.15) is 50.3 Å². The van der Waals surface area contributed by atoms with Crippen LogP contribution in [0.25, 0.3) is 0 Å². The maximum atomic E-state index is 11.3. The number of nitro benzene ring substituents is 1. The fourth-order valence-electron chi connectivity index (χ4n) is 3.96. The quantitative estimate of drug-likeness (QED) is 0.671. The lowest BCUT2D eigenvalue weighted by atomic mass is 9.88. The summed E-state index contributed by atoms with van der Waals surface area (Å²) in [5, 5.41) is 11.3. The second kappa shape index (κ2) is 4.98. The molecule has 1 fully saturated rings. The number of quaternary nitrogens is 1. The number of aryl methyl sites for hydroxylation is 1. The summed E-state index contributed by atoms with van der Waals surface area (Å²) in [4.78, 5) is 12.5. The van der Waals surface area contributed by atoms with Crippen LogP contribution in [0.3, 0.4) is 0 Å². The van der Waals surface area contributed by atoms with Gasteiger partial charge in [0.15, 0.2) is 11.6 Å². The number of nitrogens with one attached hydrogen (secondary N) is 1. The molecular weight excluding hydrogens is 268 g/mol. The van der Waals surface area contributed by atoms with Gasteiger partial charge in [-0.2, -0.15) is 0 Å². The lowest BCUT2D eigenvalue weighted by Gasteiger charge is -2.35. The van der Waals surface area contributed by atoms with Crippen molar-refractivity contribution in [3.8, 4) is 5.75 Å². The first-order valence-corrected chi connectivity index (χ1v) is 7.73. The Morgan fingerprint density at radius 2 is 1.95 bits per heavy atom. The molecule has 0 amide bonds. The van der Waals surface area contributed by atoms with Crippen LogP contribution in [-0.4, -0.2) is 23.6 Å². The summed E-state index contributed by atoms with van der Waals surface area (Å²) in [6.45, 7) is 8.40. The lowest BCUT2D eigenvalue weighted by molar-refractivity contribution is -0.941. The van der Waals surface area contributed by atoms with Crippen LogP contribution in [-0.2, 0) is 0 Å². The molecule has 1 atom stereocenters. The van der Waals surface area contributed by atoms with Gasteiger partial charge < -0.3 is 9.64 Å². The van der Waals surface area contributed by atoms with Gasteiger partial charge in [-0.1, -0.05) is 6.07 Å². The second-order valence-corrected chi connectivity index (χ2v) is 6.76. The molecule has 2 aliphatic rings. The first-order chi connectivity index (χ1) is 9.92. The predicted octanol–water partition coefficient (Wildman–Crippen LogP) is 2.18. The highest BCUT2D eigenvalue weighted by atomic mass is 16.6. The summed E-state index contributed by atoms with van der Waals surface area (Å²) in [6, 6.07) is 3.61. The van der Waals surface area contributed by atoms with Crippen molar-refractivity contribution in [2.45, 2.75) is 51.7 Å². The smallest absolute Gasteiger partial charge is 0.311 e. The van der Waals surface area contributed by atoms with Gasteiger partial charge >= 0.3 is 5.69 Å². The maximum Gasteiger partial charge on any atom is 0.311 e. The number of benzene rings is 1. The molecule has 0 aliphatic carbocycles. The van der Waals surface area contributed by atoms with Crippen molar-refractivity contribution in [3.63, 3.8) is 0 Å². The van der Waals surface area contributed by atoms with Crippen molar-refractivity contribution >= 4 is 5.69 Å². The van der Waals surface area contributed by atoms with Crippen molar-refractivity contribution in [1.29, 1.82) is 0 Å². The molecule has 2 heterocycles. The van der Waals surface area contributed by atoms with Crippen LogP contribution in [0.4, 0.5) is 5.69 Å². The molecule has 0 bridgehead atoms. The van der Waals surface area contributed by atoms with Crippen LogP contribution in [0, 0.1) is 17.0 Å². The van der Waals surface area contributed by atoms with Gasteiger partial charge in [0.1, 0.15) is 0 Å². The first-order valence-electron chi connectivity index (χ1n) is 7.73. The number of nitrogens with zero attached hydrogens (tertiary/aromatic N) is 1. The zero-order chi connectivity index (χ0) is 15.2. The Labute approximate surface area is 125 Å². The third-order valence-electron chi connectivity index (χ3n) is 4.84. The van der Waals surface area contributed by atoms with Gasteiger partial charge in [0.05, 0.1) is 23.6 Å². The van der Waals surface area contributed by atoms with E-state index in [9.17, 15) is 10.1 Å². The van der Waals surface area contributed by atoms with E-state index in [2.05, 4.69) is 13.8 Å². The minimum absolute atomic E-state index is 0.0996. The third-order valence-corrected chi connectivity index (χ3v) is 4.84. The predicted molar refractivity (Wildman–Crippen MR) is 79.8 cm³/mol. The Morgan fingerprint density at radius 3 is 2.57 bits per heavy atom. The van der Waals surface area contributed by atoms with Crippen molar-refractivity contribution in [3.05, 3.63) is 33.4 Å². The molecule has 1 N–H and O–H groups in total. The molecule has 0 spiro atoms. The molecule has 0 unspecified atom stereocenters. The minimum atomic E-state index is -0.397. The molecule has 1 saturated heterocycles. The van der Waals surface area contributed by atoms with Crippen LogP contribution >= 0.6 is 0 Å². The number of rotatable bonds is 2. The summed E-state index contributed by atoms with van der Waals surface area (Å²) in [5.41, 5.74) is 1.85. The Bertz CT molecular complexity index is 577. The van der Waals surface area contributed by atoms with Crippen LogP contribution < -0.4 is 9.64 Å². The Hall–Kier alpha value is -1.62. The molecule has 0 radical (unpaired) electrons. The van der Waals surface area contributed by atoms with Gasteiger partial charge in [-0.15, -0.1) is 0 Å². The fraction of sp³-hybridized carbons (Fsp3) is 0.625. The molecule has 114 valence electrons. The van der Waals surface area contributed by atoms with E-state index >= 15 is 0 Å². The Kier molecular flexibility index (Phi) is 3.40. The zero-order valence-electron chi connectivity index (χ0n) is 12.9. The highest BCUT2D eigenvalue weighted by molar-refractivity contribution is 5.58. The number of piperidine rings is 1. The fourth-order valence-corrected chi connectivity index (χ4v) is 3.96. The lowest BCUT2D eigenvalue weighted by Crippen LogP contribution is -3.14. The molecular formula is C16H23N2O3+. The highest BCUT2D eigenvalue weighted by Gasteiger charge is 2.51. The van der Waals surface area contributed by atoms with E-state index in [0.29, 0.717) is 5.75 Å². The molecule has 5 heteroatoms. The van der Waals surface area contributed by atoms with Gasteiger partial charge in [0, 0.05) is 6.07 Å². The number of fused-ring (bicyclic) bond motifs is 1. The molecule has 2 aliphatic heterocycles. The third kappa shape index (κ3) is 2.29. The second-order valence-electron chi connectivity index (χ2n) is 6.76. The Morgan fingerprint density at radius 1 is 1.29 bits per heavy atom. The summed E-state index contributed by atoms with van der Waals surface area (Å²) in [5.74, 6) is 0.494. The van der Waals surface area contributed by atoms with Gasteiger partial charge in [-0.3, -0.25) is 10.1 Å². The average molecular weight is 291 g/mol. The zero-order valence-corrected chi connectivity index (χ0v) is 12.9. The highest BCUT2D eigenvalue weighted by Crippen LogP contribution is 2.48. The molecule has 5 nitrogen and oxygen atoms in total. The van der Waals surface area contributed by atoms with Crippen LogP contribution in [0.15, 0.2) is 12.1 Å². The van der Waals surface area contributed by atoms with Crippen molar-refractivity contribution < 1.29 is 14.6 Å². The van der Waals surface area contributed by atoms with E-state index < -0.39 is 5.60 Å². The number of ether oxygens (including phenoxy) is 1. The van der Waals surface area contributed by atoms with Crippen LogP contribution in [0.2, 0.25) is 0 Å². The van der Waals surface area contributed by atoms with Crippen molar-refractivity contribution in [1.82, 2.24) is 0 Å². The molecule has 1 aromatic carbocycles. The van der Waals surface area contributed by atoms with Gasteiger partial charge in [0.25, 0.3) is 0 Å². The molecule has 0 saturated carbocycles. The van der Waals surface area contributed by atoms with Crippen molar-refractivity contribution in [2.75, 3.05) is 13.1 Å². The van der Waals surface area contributed by atoms with E-state index in [1.807, 2.05) is 13.0 Å². The standard InChI is InChI=1S/C16H22N2O3/c1-11-7-8-12(18(19)20)14-13(11)15(16(2,3)21-14)17-9-5-4-6-10-17/h7-8,15H,4-6,9-10H2,1-3H3/p+1/t15-/m1/s1. The number of hydrogen-bond acceptors (Lipinski definition) is 3. The van der Waals surface area contributed by atoms with Crippen LogP contribution in [0.5, 0.6) is 5.75 Å². The van der Waals surface area contributed by atoms with E-state index in [1.54, 1.807) is 6.07 Å². The van der Waals surface area contributed by atoms with E-state index in [0.717, 1.165) is 24.2 Å². The van der Waals surface area contributed by atoms with E-state index in [4.69, 9.17) is 4.74 Å². The van der Waals surface area contributed by atoms with Gasteiger partial charge in [-0.05, 0) is 45.6 Å². The van der Waals surface area contributed by atoms with E-state index in [1.165, 1.54) is 24.2 Å². The normalized spacial score (nSPS) is 24.4. The number of hydrogen-bond donors (Lipinski definition) is 1. The summed E-state index contributed by atoms with van der Waals surface area (Å²) < 4.78 is 6.07.